The Morgan fingerprint density at radius 2 is 0.872 bits per heavy atom. The largest absolute Gasteiger partial charge is 0.394 e. The van der Waals surface area contributed by atoms with Gasteiger partial charge in [-0.1, -0.05) is 192 Å². The van der Waals surface area contributed by atoms with Crippen molar-refractivity contribution in [2.24, 2.45) is 0 Å². The molecule has 0 rings (SSSR count). The van der Waals surface area contributed by atoms with Gasteiger partial charge in [-0.25, -0.2) is 0 Å². The molecule has 5 nitrogen and oxygen atoms in total. The molecule has 0 aromatic rings. The highest BCUT2D eigenvalue weighted by Gasteiger charge is 2.22. The quantitative estimate of drug-likeness (QED) is 0.0397. The van der Waals surface area contributed by atoms with Gasteiger partial charge >= 0.3 is 0 Å². The Balaban J connectivity index is 3.78. The molecule has 0 saturated carbocycles. The van der Waals surface area contributed by atoms with E-state index in [1.54, 1.807) is 6.08 Å². The number of nitrogens with one attached hydrogen (secondary N) is 1. The third kappa shape index (κ3) is 32.9. The van der Waals surface area contributed by atoms with Gasteiger partial charge in [-0.15, -0.1) is 0 Å². The van der Waals surface area contributed by atoms with E-state index < -0.39 is 24.2 Å². The van der Waals surface area contributed by atoms with Crippen LogP contribution in [0.25, 0.3) is 0 Å². The Morgan fingerprint density at radius 1 is 0.511 bits per heavy atom. The number of carbonyl (C=O) groups excluding carboxylic acids is 1. The molecule has 3 atom stereocenters. The molecule has 0 fully saturated rings. The van der Waals surface area contributed by atoms with E-state index in [0.717, 1.165) is 44.9 Å². The molecular weight excluding hydrogens is 582 g/mol. The van der Waals surface area contributed by atoms with Gasteiger partial charge in [-0.3, -0.25) is 4.79 Å². The number of aliphatic hydroxyl groups is 3. The minimum Gasteiger partial charge on any atom is -0.394 e. The number of allylic oxidation sites excluding steroid dienone is 5. The summed E-state index contributed by atoms with van der Waals surface area (Å²) < 4.78 is 0. The number of amides is 1. The molecule has 0 aliphatic rings. The summed E-state index contributed by atoms with van der Waals surface area (Å²) in [7, 11) is 0. The summed E-state index contributed by atoms with van der Waals surface area (Å²) >= 11 is 0. The lowest BCUT2D eigenvalue weighted by molar-refractivity contribution is -0.131. The lowest BCUT2D eigenvalue weighted by Crippen LogP contribution is -2.48. The molecule has 0 aromatic carbocycles. The Hall–Kier alpha value is -1.43. The van der Waals surface area contributed by atoms with Crippen LogP contribution in [-0.4, -0.2) is 46.1 Å². The van der Waals surface area contributed by atoms with Crippen molar-refractivity contribution in [1.29, 1.82) is 0 Å². The second-order valence-electron chi connectivity index (χ2n) is 13.8. The highest BCUT2D eigenvalue weighted by molar-refractivity contribution is 5.80. The van der Waals surface area contributed by atoms with Crippen molar-refractivity contribution in [3.63, 3.8) is 0 Å². The summed E-state index contributed by atoms with van der Waals surface area (Å²) in [5, 5.41) is 33.0. The zero-order chi connectivity index (χ0) is 34.5. The van der Waals surface area contributed by atoms with Gasteiger partial charge in [-0.2, -0.15) is 0 Å². The molecule has 0 spiro atoms. The van der Waals surface area contributed by atoms with Crippen molar-refractivity contribution in [1.82, 2.24) is 5.32 Å². The fourth-order valence-corrected chi connectivity index (χ4v) is 5.98. The Morgan fingerprint density at radius 3 is 1.30 bits per heavy atom. The minimum absolute atomic E-state index is 0.380. The molecule has 0 radical (unpaired) electrons. The average molecular weight is 662 g/mol. The van der Waals surface area contributed by atoms with Crippen LogP contribution in [-0.2, 0) is 4.79 Å². The van der Waals surface area contributed by atoms with Crippen LogP contribution in [0.15, 0.2) is 36.5 Å². The molecule has 0 bridgehead atoms. The molecule has 1 amide bonds. The summed E-state index contributed by atoms with van der Waals surface area (Å²) in [4.78, 5) is 12.4. The van der Waals surface area contributed by atoms with Gasteiger partial charge in [0.1, 0.15) is 6.10 Å². The molecule has 0 aromatic heterocycles. The molecule has 4 N–H and O–H groups in total. The molecule has 0 aliphatic carbocycles. The van der Waals surface area contributed by atoms with Gasteiger partial charge in [-0.05, 0) is 44.9 Å². The smallest absolute Gasteiger partial charge is 0.249 e. The molecule has 276 valence electrons. The van der Waals surface area contributed by atoms with Crippen LogP contribution in [0.5, 0.6) is 0 Å². The van der Waals surface area contributed by atoms with Crippen LogP contribution < -0.4 is 5.32 Å². The lowest BCUT2D eigenvalue weighted by Gasteiger charge is -2.21. The van der Waals surface area contributed by atoms with E-state index in [-0.39, 0.29) is 6.61 Å². The predicted molar refractivity (Wildman–Crippen MR) is 204 cm³/mol. The van der Waals surface area contributed by atoms with E-state index >= 15 is 0 Å². The number of hydrogen-bond acceptors (Lipinski definition) is 4. The molecule has 0 saturated heterocycles. The summed E-state index contributed by atoms with van der Waals surface area (Å²) in [6.07, 6.45) is 46.0. The molecule has 5 heteroatoms. The molecule has 3 unspecified atom stereocenters. The van der Waals surface area contributed by atoms with Crippen LogP contribution in [0.4, 0.5) is 0 Å². The first-order chi connectivity index (χ1) is 23.1. The molecular formula is C42H79NO4. The first-order valence-electron chi connectivity index (χ1n) is 20.3. The summed E-state index contributed by atoms with van der Waals surface area (Å²) in [6.45, 7) is 4.15. The van der Waals surface area contributed by atoms with E-state index in [1.807, 2.05) is 6.08 Å². The van der Waals surface area contributed by atoms with Crippen LogP contribution in [0.1, 0.15) is 200 Å². The number of aliphatic hydroxyl groups excluding tert-OH is 3. The number of hydrogen-bond donors (Lipinski definition) is 4. The van der Waals surface area contributed by atoms with E-state index in [4.69, 9.17) is 0 Å². The van der Waals surface area contributed by atoms with Crippen LogP contribution in [0.3, 0.4) is 0 Å². The van der Waals surface area contributed by atoms with Gasteiger partial charge in [0, 0.05) is 0 Å². The zero-order valence-corrected chi connectivity index (χ0v) is 31.2. The summed E-state index contributed by atoms with van der Waals surface area (Å²) in [6, 6.07) is -0.817. The van der Waals surface area contributed by atoms with Crippen molar-refractivity contribution in [3.8, 4) is 0 Å². The van der Waals surface area contributed by atoms with Crippen molar-refractivity contribution in [2.75, 3.05) is 6.61 Å². The normalized spacial score (nSPS) is 14.1. The standard InChI is InChI=1S/C42H79NO4/c1-3-5-7-9-11-13-15-17-18-19-20-21-22-23-25-26-28-30-32-34-36-40(45)39(38-44)43-42(47)41(46)37-35-33-31-29-27-24-16-14-12-10-8-6-4-2/h21-22,26,28,34,36,39-41,44-46H,3-20,23-25,27,29-33,35,37-38H2,1-2H3,(H,43,47)/b22-21+,28-26+,36-34+. The van der Waals surface area contributed by atoms with Crippen LogP contribution in [0, 0.1) is 0 Å². The lowest BCUT2D eigenvalue weighted by atomic mass is 10.0. The average Bonchev–Trinajstić information content (AvgIpc) is 3.07. The maximum atomic E-state index is 12.4. The highest BCUT2D eigenvalue weighted by atomic mass is 16.3. The van der Waals surface area contributed by atoms with E-state index in [2.05, 4.69) is 43.5 Å². The maximum absolute atomic E-state index is 12.4. The maximum Gasteiger partial charge on any atom is 0.249 e. The summed E-state index contributed by atoms with van der Waals surface area (Å²) in [5.74, 6) is -0.518. The minimum atomic E-state index is -1.10. The third-order valence-corrected chi connectivity index (χ3v) is 9.21. The second-order valence-corrected chi connectivity index (χ2v) is 13.8. The van der Waals surface area contributed by atoms with E-state index in [0.29, 0.717) is 6.42 Å². The van der Waals surface area contributed by atoms with Gasteiger partial charge in [0.2, 0.25) is 5.91 Å². The molecule has 0 aliphatic heterocycles. The van der Waals surface area contributed by atoms with Crippen LogP contribution in [0.2, 0.25) is 0 Å². The first kappa shape index (κ1) is 45.6. The van der Waals surface area contributed by atoms with Crippen molar-refractivity contribution < 1.29 is 20.1 Å². The second kappa shape index (κ2) is 37.4. The van der Waals surface area contributed by atoms with Crippen LogP contribution >= 0.6 is 0 Å². The van der Waals surface area contributed by atoms with E-state index in [1.165, 1.54) is 135 Å². The highest BCUT2D eigenvalue weighted by Crippen LogP contribution is 2.14. The fraction of sp³-hybridized carbons (Fsp3) is 0.833. The SMILES string of the molecule is CCCCCCCCCCCC/C=C/CC/C=C/CC/C=C/C(O)C(CO)NC(=O)C(O)CCCCCCCCCCCCCCC. The number of rotatable bonds is 36. The first-order valence-corrected chi connectivity index (χ1v) is 20.3. The topological polar surface area (TPSA) is 89.8 Å². The van der Waals surface area contributed by atoms with Crippen molar-refractivity contribution in [3.05, 3.63) is 36.5 Å². The predicted octanol–water partition coefficient (Wildman–Crippen LogP) is 11.2. The number of carbonyl (C=O) groups is 1. The fourth-order valence-electron chi connectivity index (χ4n) is 5.98. The van der Waals surface area contributed by atoms with Crippen molar-refractivity contribution >= 4 is 5.91 Å². The zero-order valence-electron chi connectivity index (χ0n) is 31.2. The number of unbranched alkanes of at least 4 members (excludes halogenated alkanes) is 24. The van der Waals surface area contributed by atoms with Gasteiger partial charge in [0.25, 0.3) is 0 Å². The molecule has 0 heterocycles. The Labute approximate surface area is 292 Å². The monoisotopic (exact) mass is 662 g/mol. The van der Waals surface area contributed by atoms with Gasteiger partial charge < -0.3 is 20.6 Å². The van der Waals surface area contributed by atoms with Gasteiger partial charge in [0.15, 0.2) is 0 Å². The Bertz CT molecular complexity index is 734. The molecule has 47 heavy (non-hydrogen) atoms. The Kier molecular flexibility index (Phi) is 36.3. The third-order valence-electron chi connectivity index (χ3n) is 9.21. The van der Waals surface area contributed by atoms with Gasteiger partial charge in [0.05, 0.1) is 18.8 Å². The van der Waals surface area contributed by atoms with Crippen molar-refractivity contribution in [2.45, 2.75) is 218 Å². The van der Waals surface area contributed by atoms with E-state index in [9.17, 15) is 20.1 Å². The summed E-state index contributed by atoms with van der Waals surface area (Å²) in [5.41, 5.74) is 0.